The maximum Gasteiger partial charge on any atom is 0.402 e. The summed E-state index contributed by atoms with van der Waals surface area (Å²) < 4.78 is 50.8. The molecule has 4 atom stereocenters. The largest absolute Gasteiger partial charge is 0.459 e. The Balaban J connectivity index is 1.53. The Hall–Kier alpha value is -4.11. The third-order valence-corrected chi connectivity index (χ3v) is 5.18. The van der Waals surface area contributed by atoms with Crippen LogP contribution in [-0.4, -0.2) is 48.9 Å². The molecule has 1 aliphatic rings. The summed E-state index contributed by atoms with van der Waals surface area (Å²) in [6, 6.07) is 19.3. The number of esters is 3. The van der Waals surface area contributed by atoms with Crippen LogP contribution in [0.5, 0.6) is 0 Å². The summed E-state index contributed by atoms with van der Waals surface area (Å²) in [6.07, 6.45) is -6.19. The maximum atomic E-state index is 15.5. The molecule has 1 saturated heterocycles. The average molecular weight is 482 g/mol. The first-order valence-corrected chi connectivity index (χ1v) is 10.6. The van der Waals surface area contributed by atoms with Crippen molar-refractivity contribution in [3.63, 3.8) is 0 Å². The van der Waals surface area contributed by atoms with Gasteiger partial charge in [-0.1, -0.05) is 54.6 Å². The van der Waals surface area contributed by atoms with E-state index in [4.69, 9.17) is 18.9 Å². The highest BCUT2D eigenvalue weighted by Crippen LogP contribution is 2.39. The number of ether oxygens (including phenoxy) is 4. The van der Waals surface area contributed by atoms with Gasteiger partial charge < -0.3 is 18.9 Å². The Bertz CT molecular complexity index is 1170. The number of hydrogen-bond donors (Lipinski definition) is 0. The van der Waals surface area contributed by atoms with Crippen molar-refractivity contribution < 1.29 is 42.1 Å². The molecule has 0 saturated carbocycles. The molecular weight excluding hydrogens is 462 g/mol. The van der Waals surface area contributed by atoms with Crippen LogP contribution in [0.3, 0.4) is 0 Å². The van der Waals surface area contributed by atoms with Gasteiger partial charge in [0.25, 0.3) is 0 Å². The van der Waals surface area contributed by atoms with E-state index in [0.717, 1.165) is 0 Å². The smallest absolute Gasteiger partial charge is 0.402 e. The minimum absolute atomic E-state index is 0.0443. The van der Waals surface area contributed by atoms with Gasteiger partial charge in [-0.05, 0) is 36.4 Å². The minimum atomic E-state index is -3.58. The summed E-state index contributed by atoms with van der Waals surface area (Å²) in [7, 11) is 0. The summed E-state index contributed by atoms with van der Waals surface area (Å²) in [5.41, 5.74) is 0.233. The van der Waals surface area contributed by atoms with Crippen LogP contribution >= 0.6 is 0 Å². The van der Waals surface area contributed by atoms with E-state index in [0.29, 0.717) is 0 Å². The van der Waals surface area contributed by atoms with E-state index in [9.17, 15) is 14.4 Å². The van der Waals surface area contributed by atoms with Gasteiger partial charge in [-0.25, -0.2) is 18.8 Å². The third-order valence-electron chi connectivity index (χ3n) is 5.18. The highest BCUT2D eigenvalue weighted by molar-refractivity contribution is 5.90. The molecule has 1 aliphatic heterocycles. The zero-order valence-corrected chi connectivity index (χ0v) is 18.2. The molecule has 180 valence electrons. The standard InChI is InChI=1S/C26H20F2O7/c27-22-21(33-24(30)18-12-6-2-7-13-18)20(16-32-23(29)17-10-4-1-5-11-17)34-26(22,28)35-25(31)19-14-8-3-9-15-19/h1-15,20-22H,16H2/t20-,21-,22-,26+/m1/s1. The first kappa shape index (κ1) is 24.0. The second kappa shape index (κ2) is 10.4. The van der Waals surface area contributed by atoms with Crippen LogP contribution < -0.4 is 0 Å². The molecule has 0 bridgehead atoms. The molecule has 0 radical (unpaired) electrons. The van der Waals surface area contributed by atoms with E-state index >= 15 is 8.78 Å². The van der Waals surface area contributed by atoms with Gasteiger partial charge in [-0.2, -0.15) is 4.39 Å². The zero-order chi connectivity index (χ0) is 24.8. The second-order valence-electron chi connectivity index (χ2n) is 7.60. The number of benzene rings is 3. The van der Waals surface area contributed by atoms with Gasteiger partial charge >= 0.3 is 23.9 Å². The van der Waals surface area contributed by atoms with E-state index in [2.05, 4.69) is 0 Å². The monoisotopic (exact) mass is 482 g/mol. The molecule has 0 aromatic heterocycles. The van der Waals surface area contributed by atoms with Gasteiger partial charge in [0.05, 0.1) is 16.7 Å². The molecule has 0 amide bonds. The predicted molar refractivity (Wildman–Crippen MR) is 118 cm³/mol. The highest BCUT2D eigenvalue weighted by atomic mass is 19.2. The lowest BCUT2D eigenvalue weighted by Gasteiger charge is -2.21. The van der Waals surface area contributed by atoms with Crippen molar-refractivity contribution in [2.75, 3.05) is 6.61 Å². The molecule has 4 rings (SSSR count). The number of hydrogen-bond acceptors (Lipinski definition) is 7. The Labute approximate surface area is 199 Å². The van der Waals surface area contributed by atoms with Gasteiger partial charge in [-0.15, -0.1) is 0 Å². The summed E-state index contributed by atoms with van der Waals surface area (Å²) >= 11 is 0. The third kappa shape index (κ3) is 5.52. The number of rotatable bonds is 7. The molecule has 9 heteroatoms. The molecule has 1 fully saturated rings. The lowest BCUT2D eigenvalue weighted by atomic mass is 10.1. The summed E-state index contributed by atoms with van der Waals surface area (Å²) in [6.45, 7) is -0.671. The number of carbonyl (C=O) groups is 3. The van der Waals surface area contributed by atoms with Crippen LogP contribution in [0.2, 0.25) is 0 Å². The SMILES string of the molecule is O=C(OC[C@H]1O[C@](F)(OC(=O)c2ccccc2)[C@H](F)[C@@H]1OC(=O)c1ccccc1)c1ccccc1. The molecule has 0 unspecified atom stereocenters. The van der Waals surface area contributed by atoms with Gasteiger partial charge in [0.1, 0.15) is 12.7 Å². The van der Waals surface area contributed by atoms with E-state index < -0.39 is 48.9 Å². The molecule has 0 aliphatic carbocycles. The van der Waals surface area contributed by atoms with Crippen molar-refractivity contribution in [1.29, 1.82) is 0 Å². The predicted octanol–water partition coefficient (Wildman–Crippen LogP) is 4.29. The average Bonchev–Trinajstić information content (AvgIpc) is 3.12. The molecule has 35 heavy (non-hydrogen) atoms. The normalized spacial score (nSPS) is 23.3. The lowest BCUT2D eigenvalue weighted by molar-refractivity contribution is -0.297. The fraction of sp³-hybridized carbons (Fsp3) is 0.192. The topological polar surface area (TPSA) is 88.1 Å². The zero-order valence-electron chi connectivity index (χ0n) is 18.2. The fourth-order valence-electron chi connectivity index (χ4n) is 3.41. The van der Waals surface area contributed by atoms with E-state index in [1.165, 1.54) is 48.5 Å². The van der Waals surface area contributed by atoms with Crippen LogP contribution in [0.15, 0.2) is 91.0 Å². The first-order chi connectivity index (χ1) is 16.9. The molecule has 7 nitrogen and oxygen atoms in total. The molecule has 3 aromatic rings. The number of carbonyl (C=O) groups excluding carboxylic acids is 3. The maximum absolute atomic E-state index is 15.5. The number of alkyl halides is 2. The van der Waals surface area contributed by atoms with Gasteiger partial charge in [-0.3, -0.25) is 0 Å². The van der Waals surface area contributed by atoms with Gasteiger partial charge in [0, 0.05) is 0 Å². The fourth-order valence-corrected chi connectivity index (χ4v) is 3.41. The molecule has 1 heterocycles. The van der Waals surface area contributed by atoms with E-state index in [1.54, 1.807) is 42.5 Å². The first-order valence-electron chi connectivity index (χ1n) is 10.6. The Morgan fingerprint density at radius 1 is 0.743 bits per heavy atom. The van der Waals surface area contributed by atoms with Crippen LogP contribution in [0, 0.1) is 0 Å². The lowest BCUT2D eigenvalue weighted by Crippen LogP contribution is -2.42. The summed E-state index contributed by atoms with van der Waals surface area (Å²) in [5, 5.41) is 0. The molecular formula is C26H20F2O7. The Morgan fingerprint density at radius 3 is 1.71 bits per heavy atom. The van der Waals surface area contributed by atoms with E-state index in [1.807, 2.05) is 0 Å². The number of halogens is 2. The molecule has 3 aromatic carbocycles. The van der Waals surface area contributed by atoms with Crippen molar-refractivity contribution in [3.8, 4) is 0 Å². The van der Waals surface area contributed by atoms with Crippen molar-refractivity contribution in [3.05, 3.63) is 108 Å². The van der Waals surface area contributed by atoms with Crippen molar-refractivity contribution in [1.82, 2.24) is 0 Å². The van der Waals surface area contributed by atoms with Crippen LogP contribution in [0.4, 0.5) is 8.78 Å². The van der Waals surface area contributed by atoms with Gasteiger partial charge in [0.15, 0.2) is 6.10 Å². The molecule has 0 spiro atoms. The quantitative estimate of drug-likeness (QED) is 0.367. The van der Waals surface area contributed by atoms with Crippen LogP contribution in [0.25, 0.3) is 0 Å². The van der Waals surface area contributed by atoms with Crippen LogP contribution in [0.1, 0.15) is 31.1 Å². The second-order valence-corrected chi connectivity index (χ2v) is 7.60. The van der Waals surface area contributed by atoms with Crippen molar-refractivity contribution in [2.45, 2.75) is 24.4 Å². The van der Waals surface area contributed by atoms with Crippen LogP contribution in [-0.2, 0) is 18.9 Å². The highest BCUT2D eigenvalue weighted by Gasteiger charge is 2.62. The van der Waals surface area contributed by atoms with Gasteiger partial charge in [0.2, 0.25) is 6.17 Å². The van der Waals surface area contributed by atoms with E-state index in [-0.39, 0.29) is 16.7 Å². The summed E-state index contributed by atoms with van der Waals surface area (Å²) in [4.78, 5) is 37.2. The molecule has 0 N–H and O–H groups in total. The van der Waals surface area contributed by atoms with Crippen molar-refractivity contribution in [2.24, 2.45) is 0 Å². The Kier molecular flexibility index (Phi) is 7.17. The summed E-state index contributed by atoms with van der Waals surface area (Å²) in [5.74, 6) is -2.93. The Morgan fingerprint density at radius 2 is 1.20 bits per heavy atom. The van der Waals surface area contributed by atoms with Crippen molar-refractivity contribution >= 4 is 17.9 Å². The minimum Gasteiger partial charge on any atom is -0.459 e.